The molecule has 2 aromatic heterocycles. The summed E-state index contributed by atoms with van der Waals surface area (Å²) in [5, 5.41) is 13.9. The largest absolute Gasteiger partial charge is 0.465 e. The summed E-state index contributed by atoms with van der Waals surface area (Å²) in [4.78, 5) is 41.5. The van der Waals surface area contributed by atoms with Crippen molar-refractivity contribution in [1.82, 2.24) is 25.1 Å². The van der Waals surface area contributed by atoms with Crippen molar-refractivity contribution >= 4 is 28.7 Å². The van der Waals surface area contributed by atoms with Crippen molar-refractivity contribution in [3.8, 4) is 11.3 Å². The molecule has 0 radical (unpaired) electrons. The van der Waals surface area contributed by atoms with E-state index in [-0.39, 0.29) is 11.9 Å². The van der Waals surface area contributed by atoms with E-state index in [1.54, 1.807) is 4.90 Å². The summed E-state index contributed by atoms with van der Waals surface area (Å²) in [6.45, 7) is 6.44. The number of nitrogens with one attached hydrogen (secondary N) is 1. The molecule has 1 aromatic carbocycles. The Morgan fingerprint density at radius 3 is 2.41 bits per heavy atom. The van der Waals surface area contributed by atoms with Gasteiger partial charge in [-0.15, -0.1) is 0 Å². The number of likely N-dealkylation sites (N-methyl/N-ethyl adjacent to an activating group) is 1. The molecular weight excluding hydrogens is 556 g/mol. The smallest absolute Gasteiger partial charge is 0.407 e. The summed E-state index contributed by atoms with van der Waals surface area (Å²) in [6.07, 6.45) is 6.52. The Kier molecular flexibility index (Phi) is 9.57. The highest BCUT2D eigenvalue weighted by atomic mass is 16.5. The number of aromatic nitrogens is 2. The van der Waals surface area contributed by atoms with E-state index in [1.165, 1.54) is 0 Å². The fraction of sp³-hybridized carbons (Fsp3) is 0.529. The average Bonchev–Trinajstić information content (AvgIpc) is 3.07. The number of piperazine rings is 1. The van der Waals surface area contributed by atoms with E-state index >= 15 is 0 Å². The highest BCUT2D eigenvalue weighted by Crippen LogP contribution is 2.31. The lowest BCUT2D eigenvalue weighted by Gasteiger charge is -2.37. The molecule has 3 aromatic rings. The van der Waals surface area contributed by atoms with Crippen molar-refractivity contribution in [3.05, 3.63) is 54.2 Å². The molecule has 2 saturated heterocycles. The second kappa shape index (κ2) is 13.9. The molecule has 6 rings (SSSR count). The van der Waals surface area contributed by atoms with Crippen LogP contribution in [0.15, 0.2) is 48.7 Å². The standard InChI is InChI=1S/C34H44N6O4/c1-38-14-16-39(17-15-38)32-11-10-26(22-35-32)31-20-29(28-4-2-3-5-30(28)37-31)33(41)36-21-24-6-8-25(9-7-24)23-40(34(42)43)27-12-18-44-19-13-27/h2-5,10-11,20,22,24-25,27H,6-9,12-19,21,23H2,1H3,(H,36,41)(H,42,43)/t24-,25-. The van der Waals surface area contributed by atoms with Gasteiger partial charge in [0.15, 0.2) is 0 Å². The van der Waals surface area contributed by atoms with Crippen LogP contribution in [0.1, 0.15) is 48.9 Å². The Morgan fingerprint density at radius 1 is 0.977 bits per heavy atom. The molecule has 0 atom stereocenters. The fourth-order valence-electron chi connectivity index (χ4n) is 6.88. The summed E-state index contributed by atoms with van der Waals surface area (Å²) in [5.74, 6) is 1.62. The van der Waals surface area contributed by atoms with E-state index in [0.29, 0.717) is 43.7 Å². The molecule has 234 valence electrons. The van der Waals surface area contributed by atoms with Crippen molar-refractivity contribution in [1.29, 1.82) is 0 Å². The van der Waals surface area contributed by atoms with Crippen LogP contribution in [0.25, 0.3) is 22.2 Å². The molecule has 2 amide bonds. The number of carbonyl (C=O) groups excluding carboxylic acids is 1. The number of fused-ring (bicyclic) bond motifs is 1. The molecule has 1 aliphatic carbocycles. The normalized spacial score (nSPS) is 21.7. The zero-order valence-corrected chi connectivity index (χ0v) is 25.7. The predicted molar refractivity (Wildman–Crippen MR) is 171 cm³/mol. The van der Waals surface area contributed by atoms with Crippen molar-refractivity contribution in [2.24, 2.45) is 11.8 Å². The zero-order chi connectivity index (χ0) is 30.5. The number of carbonyl (C=O) groups is 2. The molecule has 10 heteroatoms. The van der Waals surface area contributed by atoms with Gasteiger partial charge in [0.05, 0.1) is 16.8 Å². The van der Waals surface area contributed by atoms with Crippen LogP contribution in [-0.4, -0.2) is 102 Å². The number of hydrogen-bond acceptors (Lipinski definition) is 7. The molecule has 10 nitrogen and oxygen atoms in total. The van der Waals surface area contributed by atoms with Crippen LogP contribution < -0.4 is 10.2 Å². The first-order valence-electron chi connectivity index (χ1n) is 16.1. The third kappa shape index (κ3) is 7.13. The quantitative estimate of drug-likeness (QED) is 0.382. The molecule has 3 aliphatic rings. The van der Waals surface area contributed by atoms with Crippen molar-refractivity contribution in [2.45, 2.75) is 44.6 Å². The average molecular weight is 601 g/mol. The monoisotopic (exact) mass is 600 g/mol. The van der Waals surface area contributed by atoms with Gasteiger partial charge in [-0.2, -0.15) is 0 Å². The molecule has 0 spiro atoms. The molecule has 0 unspecified atom stereocenters. The SMILES string of the molecule is CN1CCN(c2ccc(-c3cc(C(=O)NC[C@H]4CC[C@H](CN(C(=O)O)C5CCOCC5)CC4)c4ccccc4n3)cn2)CC1. The van der Waals surface area contributed by atoms with Gasteiger partial charge in [0.1, 0.15) is 5.82 Å². The summed E-state index contributed by atoms with van der Waals surface area (Å²) in [6, 6.07) is 13.8. The summed E-state index contributed by atoms with van der Waals surface area (Å²) in [7, 11) is 2.14. The number of nitrogens with zero attached hydrogens (tertiary/aromatic N) is 5. The predicted octanol–water partition coefficient (Wildman–Crippen LogP) is 4.74. The lowest BCUT2D eigenvalue weighted by Crippen LogP contribution is -2.45. The van der Waals surface area contributed by atoms with E-state index in [4.69, 9.17) is 14.7 Å². The maximum atomic E-state index is 13.6. The first kappa shape index (κ1) is 30.3. The topological polar surface area (TPSA) is 111 Å². The Labute approximate surface area is 259 Å². The van der Waals surface area contributed by atoms with Gasteiger partial charge in [-0.1, -0.05) is 18.2 Å². The Morgan fingerprint density at radius 2 is 1.70 bits per heavy atom. The van der Waals surface area contributed by atoms with Crippen molar-refractivity contribution in [3.63, 3.8) is 0 Å². The van der Waals surface area contributed by atoms with E-state index in [9.17, 15) is 14.7 Å². The lowest BCUT2D eigenvalue weighted by atomic mass is 9.81. The number of ether oxygens (including phenoxy) is 1. The summed E-state index contributed by atoms with van der Waals surface area (Å²) in [5.41, 5.74) is 3.03. The first-order valence-corrected chi connectivity index (χ1v) is 16.1. The molecular formula is C34H44N6O4. The Balaban J connectivity index is 1.08. The molecule has 1 saturated carbocycles. The van der Waals surface area contributed by atoms with Gasteiger partial charge in [0.25, 0.3) is 5.91 Å². The highest BCUT2D eigenvalue weighted by Gasteiger charge is 2.30. The third-order valence-electron chi connectivity index (χ3n) is 9.68. The third-order valence-corrected chi connectivity index (χ3v) is 9.68. The second-order valence-corrected chi connectivity index (χ2v) is 12.6. The number of benzene rings is 1. The number of carboxylic acid groups (broad SMARTS) is 1. The number of amides is 2. The fourth-order valence-corrected chi connectivity index (χ4v) is 6.88. The van der Waals surface area contributed by atoms with Gasteiger partial charge >= 0.3 is 6.09 Å². The molecule has 2 N–H and O–H groups in total. The molecule has 2 aliphatic heterocycles. The van der Waals surface area contributed by atoms with E-state index < -0.39 is 6.09 Å². The summed E-state index contributed by atoms with van der Waals surface area (Å²) < 4.78 is 5.43. The Bertz CT molecular complexity index is 1430. The summed E-state index contributed by atoms with van der Waals surface area (Å²) >= 11 is 0. The van der Waals surface area contributed by atoms with Crippen LogP contribution in [0.3, 0.4) is 0 Å². The molecule has 44 heavy (non-hydrogen) atoms. The van der Waals surface area contributed by atoms with Crippen LogP contribution >= 0.6 is 0 Å². The van der Waals surface area contributed by atoms with Crippen LogP contribution in [0.2, 0.25) is 0 Å². The minimum absolute atomic E-state index is 0.0593. The Hall–Kier alpha value is -3.76. The van der Waals surface area contributed by atoms with Gasteiger partial charge in [-0.25, -0.2) is 14.8 Å². The van der Waals surface area contributed by atoms with E-state index in [2.05, 4.69) is 22.2 Å². The van der Waals surface area contributed by atoms with Gasteiger partial charge in [-0.3, -0.25) is 4.79 Å². The van der Waals surface area contributed by atoms with Crippen molar-refractivity contribution < 1.29 is 19.4 Å². The maximum Gasteiger partial charge on any atom is 0.407 e. The number of hydrogen-bond donors (Lipinski definition) is 2. The second-order valence-electron chi connectivity index (χ2n) is 12.6. The number of pyridine rings is 2. The minimum Gasteiger partial charge on any atom is -0.465 e. The molecule has 4 heterocycles. The van der Waals surface area contributed by atoms with Gasteiger partial charge in [-0.05, 0) is 81.7 Å². The van der Waals surface area contributed by atoms with Crippen LogP contribution in [0.4, 0.5) is 10.6 Å². The van der Waals surface area contributed by atoms with Crippen LogP contribution in [0.5, 0.6) is 0 Å². The zero-order valence-electron chi connectivity index (χ0n) is 25.7. The van der Waals surface area contributed by atoms with Crippen molar-refractivity contribution in [2.75, 3.05) is 64.4 Å². The van der Waals surface area contributed by atoms with Gasteiger partial charge < -0.3 is 29.9 Å². The van der Waals surface area contributed by atoms with Crippen LogP contribution in [-0.2, 0) is 4.74 Å². The lowest BCUT2D eigenvalue weighted by molar-refractivity contribution is 0.0277. The number of anilines is 1. The van der Waals surface area contributed by atoms with Crippen LogP contribution in [0, 0.1) is 11.8 Å². The number of para-hydroxylation sites is 1. The molecule has 3 fully saturated rings. The first-order chi connectivity index (χ1) is 21.4. The highest BCUT2D eigenvalue weighted by molar-refractivity contribution is 6.07. The maximum absolute atomic E-state index is 13.6. The van der Waals surface area contributed by atoms with Gasteiger partial charge in [0.2, 0.25) is 0 Å². The van der Waals surface area contributed by atoms with E-state index in [0.717, 1.165) is 92.7 Å². The van der Waals surface area contributed by atoms with Gasteiger partial charge in [0, 0.05) is 75.7 Å². The minimum atomic E-state index is -0.822. The molecule has 0 bridgehead atoms. The number of rotatable bonds is 8. The van der Waals surface area contributed by atoms with E-state index in [1.807, 2.05) is 48.7 Å².